The first-order valence-corrected chi connectivity index (χ1v) is 6.57. The lowest BCUT2D eigenvalue weighted by Crippen LogP contribution is -2.13. The average Bonchev–Trinajstić information content (AvgIpc) is 2.60. The Morgan fingerprint density at radius 2 is 1.72 bits per heavy atom. The first-order chi connectivity index (χ1) is 8.16. The molecule has 18 heavy (non-hydrogen) atoms. The monoisotopic (exact) mass is 248 g/mol. The minimum Gasteiger partial charge on any atom is -0.384 e. The van der Waals surface area contributed by atoms with Crippen molar-refractivity contribution in [1.29, 1.82) is 0 Å². The van der Waals surface area contributed by atoms with Crippen molar-refractivity contribution in [3.05, 3.63) is 11.9 Å². The molecule has 100 valence electrons. The second kappa shape index (κ2) is 3.84. The van der Waals surface area contributed by atoms with Crippen molar-refractivity contribution >= 4 is 11.6 Å². The number of nitrogen functional groups attached to an aromatic ring is 1. The maximum Gasteiger partial charge on any atom is 0.135 e. The zero-order valence-corrected chi connectivity index (χ0v) is 12.2. The normalized spacial score (nSPS) is 21.1. The van der Waals surface area contributed by atoms with Crippen molar-refractivity contribution < 1.29 is 0 Å². The lowest BCUT2D eigenvalue weighted by molar-refractivity contribution is 0.457. The Morgan fingerprint density at radius 3 is 2.17 bits per heavy atom. The summed E-state index contributed by atoms with van der Waals surface area (Å²) in [6.45, 7) is 13.3. The third-order valence-electron chi connectivity index (χ3n) is 4.59. The SMILES string of the molecule is CC(C)c1nc(N)cc(NC2C(C)(C)C2(C)C)n1. The van der Waals surface area contributed by atoms with Crippen LogP contribution in [-0.4, -0.2) is 16.0 Å². The van der Waals surface area contributed by atoms with Gasteiger partial charge in [0.05, 0.1) is 0 Å². The van der Waals surface area contributed by atoms with Gasteiger partial charge in [-0.15, -0.1) is 0 Å². The van der Waals surface area contributed by atoms with Crippen LogP contribution in [0.25, 0.3) is 0 Å². The first-order valence-electron chi connectivity index (χ1n) is 6.57. The molecular weight excluding hydrogens is 224 g/mol. The van der Waals surface area contributed by atoms with Crippen LogP contribution in [0.2, 0.25) is 0 Å². The number of aromatic nitrogens is 2. The van der Waals surface area contributed by atoms with E-state index in [1.54, 1.807) is 0 Å². The van der Waals surface area contributed by atoms with Crippen molar-refractivity contribution in [3.63, 3.8) is 0 Å². The third kappa shape index (κ3) is 1.93. The molecule has 1 heterocycles. The second-order valence-electron chi connectivity index (χ2n) is 6.71. The summed E-state index contributed by atoms with van der Waals surface area (Å²) < 4.78 is 0. The van der Waals surface area contributed by atoms with E-state index in [0.717, 1.165) is 11.6 Å². The van der Waals surface area contributed by atoms with Gasteiger partial charge >= 0.3 is 0 Å². The zero-order chi connectivity index (χ0) is 13.7. The Hall–Kier alpha value is -1.32. The van der Waals surface area contributed by atoms with Crippen LogP contribution in [0.15, 0.2) is 6.07 Å². The number of nitrogens with two attached hydrogens (primary N) is 1. The van der Waals surface area contributed by atoms with Crippen LogP contribution in [0.3, 0.4) is 0 Å². The van der Waals surface area contributed by atoms with Crippen molar-refractivity contribution in [3.8, 4) is 0 Å². The van der Waals surface area contributed by atoms with Gasteiger partial charge in [-0.05, 0) is 10.8 Å². The molecule has 1 aromatic heterocycles. The summed E-state index contributed by atoms with van der Waals surface area (Å²) in [4.78, 5) is 8.80. The predicted molar refractivity (Wildman–Crippen MR) is 75.5 cm³/mol. The Labute approximate surface area is 109 Å². The topological polar surface area (TPSA) is 63.8 Å². The zero-order valence-electron chi connectivity index (χ0n) is 12.2. The summed E-state index contributed by atoms with van der Waals surface area (Å²) in [5.41, 5.74) is 6.40. The molecule has 0 amide bonds. The van der Waals surface area contributed by atoms with Gasteiger partial charge in [-0.2, -0.15) is 0 Å². The van der Waals surface area contributed by atoms with Gasteiger partial charge in [0.25, 0.3) is 0 Å². The largest absolute Gasteiger partial charge is 0.384 e. The molecule has 2 rings (SSSR count). The van der Waals surface area contributed by atoms with Crippen molar-refractivity contribution in [2.75, 3.05) is 11.1 Å². The average molecular weight is 248 g/mol. The predicted octanol–water partition coefficient (Wildman–Crippen LogP) is 3.03. The number of nitrogens with one attached hydrogen (secondary N) is 1. The van der Waals surface area contributed by atoms with Crippen LogP contribution in [0, 0.1) is 10.8 Å². The Morgan fingerprint density at radius 1 is 1.17 bits per heavy atom. The summed E-state index contributed by atoms with van der Waals surface area (Å²) in [7, 11) is 0. The minimum atomic E-state index is 0.282. The summed E-state index contributed by atoms with van der Waals surface area (Å²) in [5, 5.41) is 3.50. The fourth-order valence-corrected chi connectivity index (χ4v) is 2.52. The molecular formula is C14H24N4. The number of hydrogen-bond donors (Lipinski definition) is 2. The molecule has 1 fully saturated rings. The third-order valence-corrected chi connectivity index (χ3v) is 4.59. The van der Waals surface area contributed by atoms with Crippen molar-refractivity contribution in [2.24, 2.45) is 10.8 Å². The lowest BCUT2D eigenvalue weighted by Gasteiger charge is -2.11. The Bertz CT molecular complexity index is 449. The smallest absolute Gasteiger partial charge is 0.135 e. The molecule has 0 saturated heterocycles. The van der Waals surface area contributed by atoms with E-state index in [0.29, 0.717) is 11.9 Å². The minimum absolute atomic E-state index is 0.282. The molecule has 4 heteroatoms. The van der Waals surface area contributed by atoms with Crippen LogP contribution >= 0.6 is 0 Å². The molecule has 0 atom stereocenters. The molecule has 1 aliphatic carbocycles. The van der Waals surface area contributed by atoms with Gasteiger partial charge in [0.2, 0.25) is 0 Å². The molecule has 0 bridgehead atoms. The van der Waals surface area contributed by atoms with Gasteiger partial charge in [-0.1, -0.05) is 41.5 Å². The fourth-order valence-electron chi connectivity index (χ4n) is 2.52. The van der Waals surface area contributed by atoms with E-state index in [2.05, 4.69) is 56.8 Å². The lowest BCUT2D eigenvalue weighted by atomic mass is 10.0. The maximum atomic E-state index is 5.84. The number of rotatable bonds is 3. The van der Waals surface area contributed by atoms with Crippen molar-refractivity contribution in [1.82, 2.24) is 9.97 Å². The van der Waals surface area contributed by atoms with E-state index in [9.17, 15) is 0 Å². The standard InChI is InChI=1S/C14H24N4/c1-8(2)11-16-9(15)7-10(17-11)18-12-13(3,4)14(12,5)6/h7-8,12H,1-6H3,(H3,15,16,17,18). The molecule has 4 nitrogen and oxygen atoms in total. The quantitative estimate of drug-likeness (QED) is 0.863. The van der Waals surface area contributed by atoms with Crippen LogP contribution in [0.4, 0.5) is 11.6 Å². The molecule has 0 unspecified atom stereocenters. The molecule has 1 aliphatic rings. The molecule has 0 spiro atoms. The van der Waals surface area contributed by atoms with Crippen LogP contribution in [0.5, 0.6) is 0 Å². The number of hydrogen-bond acceptors (Lipinski definition) is 4. The summed E-state index contributed by atoms with van der Waals surface area (Å²) in [6, 6.07) is 2.25. The highest BCUT2D eigenvalue weighted by Crippen LogP contribution is 2.63. The van der Waals surface area contributed by atoms with Crippen LogP contribution in [-0.2, 0) is 0 Å². The van der Waals surface area contributed by atoms with E-state index in [4.69, 9.17) is 5.73 Å². The molecule has 3 N–H and O–H groups in total. The summed E-state index contributed by atoms with van der Waals surface area (Å²) in [6.07, 6.45) is 0. The van der Waals surface area contributed by atoms with Gasteiger partial charge < -0.3 is 11.1 Å². The number of anilines is 2. The van der Waals surface area contributed by atoms with Gasteiger partial charge in [0.1, 0.15) is 17.5 Å². The van der Waals surface area contributed by atoms with Gasteiger partial charge in [0, 0.05) is 18.0 Å². The van der Waals surface area contributed by atoms with E-state index in [1.807, 2.05) is 6.07 Å². The highest BCUT2D eigenvalue weighted by atomic mass is 15.1. The molecule has 0 radical (unpaired) electrons. The molecule has 1 saturated carbocycles. The molecule has 1 aromatic rings. The van der Waals surface area contributed by atoms with Crippen molar-refractivity contribution in [2.45, 2.75) is 53.5 Å². The van der Waals surface area contributed by atoms with Gasteiger partial charge in [-0.3, -0.25) is 0 Å². The molecule has 0 aliphatic heterocycles. The van der Waals surface area contributed by atoms with E-state index < -0.39 is 0 Å². The highest BCUT2D eigenvalue weighted by molar-refractivity contribution is 5.48. The molecule has 0 aromatic carbocycles. The van der Waals surface area contributed by atoms with E-state index in [1.165, 1.54) is 0 Å². The van der Waals surface area contributed by atoms with E-state index >= 15 is 0 Å². The summed E-state index contributed by atoms with van der Waals surface area (Å²) in [5.74, 6) is 2.46. The maximum absolute atomic E-state index is 5.84. The highest BCUT2D eigenvalue weighted by Gasteiger charge is 2.65. The number of nitrogens with zero attached hydrogens (tertiary/aromatic N) is 2. The van der Waals surface area contributed by atoms with Crippen LogP contribution < -0.4 is 11.1 Å². The first kappa shape index (κ1) is 13.1. The van der Waals surface area contributed by atoms with Gasteiger partial charge in [0.15, 0.2) is 0 Å². The van der Waals surface area contributed by atoms with E-state index in [-0.39, 0.29) is 16.7 Å². The van der Waals surface area contributed by atoms with Gasteiger partial charge in [-0.25, -0.2) is 9.97 Å². The summed E-state index contributed by atoms with van der Waals surface area (Å²) >= 11 is 0. The Kier molecular flexibility index (Phi) is 2.80. The second-order valence-corrected chi connectivity index (χ2v) is 6.71. The fraction of sp³-hybridized carbons (Fsp3) is 0.714. The van der Waals surface area contributed by atoms with Crippen LogP contribution in [0.1, 0.15) is 53.3 Å². The Balaban J connectivity index is 2.21.